The van der Waals surface area contributed by atoms with Crippen LogP contribution in [0.25, 0.3) is 0 Å². The first-order valence-electron chi connectivity index (χ1n) is 9.07. The highest BCUT2D eigenvalue weighted by Gasteiger charge is 1.97. The minimum Gasteiger partial charge on any atom is -0.481 e. The van der Waals surface area contributed by atoms with Gasteiger partial charge in [-0.05, 0) is 12.2 Å². The lowest BCUT2D eigenvalue weighted by Crippen LogP contribution is -1.96. The van der Waals surface area contributed by atoms with Crippen LogP contribution >= 0.6 is 11.8 Å². The molecule has 0 aromatic rings. The summed E-state index contributed by atoms with van der Waals surface area (Å²) in [5.41, 5.74) is 0. The van der Waals surface area contributed by atoms with Gasteiger partial charge in [0.2, 0.25) is 0 Å². The monoisotopic (exact) mass is 316 g/mol. The van der Waals surface area contributed by atoms with Crippen molar-refractivity contribution in [1.82, 2.24) is 0 Å². The molecule has 0 unspecified atom stereocenters. The van der Waals surface area contributed by atoms with Gasteiger partial charge in [-0.1, -0.05) is 84.0 Å². The number of carboxylic acids is 1. The molecule has 0 aliphatic rings. The summed E-state index contributed by atoms with van der Waals surface area (Å²) < 4.78 is 0. The fourth-order valence-electron chi connectivity index (χ4n) is 2.48. The first kappa shape index (κ1) is 20.8. The van der Waals surface area contributed by atoms with Gasteiger partial charge in [-0.25, -0.2) is 0 Å². The molecule has 3 heteroatoms. The zero-order valence-electron chi connectivity index (χ0n) is 14.1. The van der Waals surface area contributed by atoms with Crippen molar-refractivity contribution in [3.63, 3.8) is 0 Å². The van der Waals surface area contributed by atoms with Crippen LogP contribution in [0.2, 0.25) is 0 Å². The molecule has 21 heavy (non-hydrogen) atoms. The van der Waals surface area contributed by atoms with E-state index in [1.165, 1.54) is 83.5 Å². The Hall–Kier alpha value is -0.180. The van der Waals surface area contributed by atoms with Gasteiger partial charge in [0.15, 0.2) is 0 Å². The zero-order chi connectivity index (χ0) is 15.6. The van der Waals surface area contributed by atoms with Crippen molar-refractivity contribution in [2.75, 3.05) is 11.5 Å². The number of aliphatic carboxylic acids is 1. The first-order chi connectivity index (χ1) is 10.3. The second-order valence-electron chi connectivity index (χ2n) is 6.00. The normalized spacial score (nSPS) is 10.9. The third-order valence-corrected chi connectivity index (χ3v) is 4.92. The predicted octanol–water partition coefficient (Wildman–Crippen LogP) is 6.29. The smallest absolute Gasteiger partial charge is 0.304 e. The fraction of sp³-hybridized carbons (Fsp3) is 0.944. The summed E-state index contributed by atoms with van der Waals surface area (Å²) in [6.07, 6.45) is 18.4. The second kappa shape index (κ2) is 17.9. The minimum atomic E-state index is -0.673. The lowest BCUT2D eigenvalue weighted by molar-refractivity contribution is -0.136. The lowest BCUT2D eigenvalue weighted by Gasteiger charge is -2.03. The van der Waals surface area contributed by atoms with E-state index in [-0.39, 0.29) is 0 Å². The summed E-state index contributed by atoms with van der Waals surface area (Å²) >= 11 is 1.78. The van der Waals surface area contributed by atoms with Gasteiger partial charge < -0.3 is 5.11 Å². The summed E-state index contributed by atoms with van der Waals surface area (Å²) in [6.45, 7) is 2.27. The van der Waals surface area contributed by atoms with Crippen LogP contribution in [0.4, 0.5) is 0 Å². The van der Waals surface area contributed by atoms with Crippen molar-refractivity contribution in [2.24, 2.45) is 0 Å². The molecule has 0 aromatic carbocycles. The van der Waals surface area contributed by atoms with Crippen molar-refractivity contribution in [3.8, 4) is 0 Å². The quantitative estimate of drug-likeness (QED) is 0.321. The molecule has 0 rings (SSSR count). The van der Waals surface area contributed by atoms with E-state index in [4.69, 9.17) is 5.11 Å². The maximum absolute atomic E-state index is 10.3. The van der Waals surface area contributed by atoms with E-state index in [9.17, 15) is 4.79 Å². The predicted molar refractivity (Wildman–Crippen MR) is 95.3 cm³/mol. The van der Waals surface area contributed by atoms with E-state index >= 15 is 0 Å². The molecule has 0 fully saturated rings. The Balaban J connectivity index is 2.95. The molecule has 0 amide bonds. The molecule has 0 saturated heterocycles. The van der Waals surface area contributed by atoms with E-state index < -0.39 is 5.97 Å². The SMILES string of the molecule is CCCCCCCCCCCCCCCSCCC(=O)O. The topological polar surface area (TPSA) is 37.3 Å². The Bertz CT molecular complexity index is 219. The Kier molecular flexibility index (Phi) is 17.7. The van der Waals surface area contributed by atoms with Crippen molar-refractivity contribution in [1.29, 1.82) is 0 Å². The van der Waals surface area contributed by atoms with Crippen LogP contribution in [0.3, 0.4) is 0 Å². The van der Waals surface area contributed by atoms with Crippen LogP contribution in [-0.4, -0.2) is 22.6 Å². The summed E-state index contributed by atoms with van der Waals surface area (Å²) in [5.74, 6) is 1.23. The van der Waals surface area contributed by atoms with Crippen LogP contribution in [0.15, 0.2) is 0 Å². The molecule has 0 bridgehead atoms. The van der Waals surface area contributed by atoms with Gasteiger partial charge in [0.1, 0.15) is 0 Å². The van der Waals surface area contributed by atoms with Crippen molar-refractivity contribution >= 4 is 17.7 Å². The molecule has 0 heterocycles. The number of hydrogen-bond donors (Lipinski definition) is 1. The summed E-state index contributed by atoms with van der Waals surface area (Å²) in [6, 6.07) is 0. The van der Waals surface area contributed by atoms with Crippen molar-refractivity contribution < 1.29 is 9.90 Å². The molecular weight excluding hydrogens is 280 g/mol. The molecule has 0 aliphatic heterocycles. The number of carboxylic acid groups (broad SMARTS) is 1. The maximum Gasteiger partial charge on any atom is 0.304 e. The Morgan fingerprint density at radius 2 is 1.14 bits per heavy atom. The number of carbonyl (C=O) groups is 1. The molecule has 0 aliphatic carbocycles. The van der Waals surface area contributed by atoms with Gasteiger partial charge in [-0.3, -0.25) is 4.79 Å². The van der Waals surface area contributed by atoms with E-state index in [0.29, 0.717) is 6.42 Å². The Morgan fingerprint density at radius 1 is 0.714 bits per heavy atom. The average Bonchev–Trinajstić information content (AvgIpc) is 2.46. The van der Waals surface area contributed by atoms with Crippen molar-refractivity contribution in [2.45, 2.75) is 96.8 Å². The summed E-state index contributed by atoms with van der Waals surface area (Å²) in [5, 5.41) is 8.52. The summed E-state index contributed by atoms with van der Waals surface area (Å²) in [4.78, 5) is 10.3. The first-order valence-corrected chi connectivity index (χ1v) is 10.2. The Labute approximate surface area is 136 Å². The third-order valence-electron chi connectivity index (χ3n) is 3.85. The molecule has 0 radical (unpaired) electrons. The highest BCUT2D eigenvalue weighted by Crippen LogP contribution is 2.13. The molecule has 0 saturated carbocycles. The zero-order valence-corrected chi connectivity index (χ0v) is 14.9. The third kappa shape index (κ3) is 19.8. The molecule has 0 spiro atoms. The van der Waals surface area contributed by atoms with Crippen LogP contribution in [0.1, 0.15) is 96.8 Å². The van der Waals surface area contributed by atoms with Gasteiger partial charge in [0.05, 0.1) is 6.42 Å². The second-order valence-corrected chi connectivity index (χ2v) is 7.22. The maximum atomic E-state index is 10.3. The molecular formula is C18H36O2S. The van der Waals surface area contributed by atoms with Gasteiger partial charge >= 0.3 is 5.97 Å². The standard InChI is InChI=1S/C18H36O2S/c1-2-3-4-5-6-7-8-9-10-11-12-13-14-16-21-17-15-18(19)20/h2-17H2,1H3,(H,19,20). The van der Waals surface area contributed by atoms with Crippen LogP contribution < -0.4 is 0 Å². The molecule has 1 N–H and O–H groups in total. The Morgan fingerprint density at radius 3 is 1.57 bits per heavy atom. The molecule has 0 aromatic heterocycles. The average molecular weight is 317 g/mol. The molecule has 0 atom stereocenters. The number of unbranched alkanes of at least 4 members (excludes halogenated alkanes) is 12. The number of rotatable bonds is 17. The summed E-state index contributed by atoms with van der Waals surface area (Å²) in [7, 11) is 0. The number of hydrogen-bond acceptors (Lipinski definition) is 2. The molecule has 2 nitrogen and oxygen atoms in total. The largest absolute Gasteiger partial charge is 0.481 e. The van der Waals surface area contributed by atoms with Crippen LogP contribution in [-0.2, 0) is 4.79 Å². The van der Waals surface area contributed by atoms with Gasteiger partial charge in [0.25, 0.3) is 0 Å². The lowest BCUT2D eigenvalue weighted by atomic mass is 10.1. The van der Waals surface area contributed by atoms with Gasteiger partial charge in [-0.15, -0.1) is 0 Å². The van der Waals surface area contributed by atoms with Crippen LogP contribution in [0.5, 0.6) is 0 Å². The highest BCUT2D eigenvalue weighted by molar-refractivity contribution is 7.99. The van der Waals surface area contributed by atoms with E-state index in [1.807, 2.05) is 0 Å². The van der Waals surface area contributed by atoms with E-state index in [2.05, 4.69) is 6.92 Å². The van der Waals surface area contributed by atoms with Crippen molar-refractivity contribution in [3.05, 3.63) is 0 Å². The number of thioether (sulfide) groups is 1. The highest BCUT2D eigenvalue weighted by atomic mass is 32.2. The fourth-order valence-corrected chi connectivity index (χ4v) is 3.41. The molecule has 126 valence electrons. The van der Waals surface area contributed by atoms with E-state index in [0.717, 1.165) is 11.5 Å². The van der Waals surface area contributed by atoms with Gasteiger partial charge in [-0.2, -0.15) is 11.8 Å². The van der Waals surface area contributed by atoms with Crippen LogP contribution in [0, 0.1) is 0 Å². The minimum absolute atomic E-state index is 0.309. The van der Waals surface area contributed by atoms with Gasteiger partial charge in [0, 0.05) is 5.75 Å². The van der Waals surface area contributed by atoms with E-state index in [1.54, 1.807) is 11.8 Å².